The van der Waals surface area contributed by atoms with Gasteiger partial charge in [0.2, 0.25) is 5.91 Å². The van der Waals surface area contributed by atoms with E-state index >= 15 is 0 Å². The largest absolute Gasteiger partial charge is 0.398 e. The Hall–Kier alpha value is -1.79. The summed E-state index contributed by atoms with van der Waals surface area (Å²) in [7, 11) is 1.56. The predicted octanol–water partition coefficient (Wildman–Crippen LogP) is 0.805. The Balaban J connectivity index is 2.32. The maximum Gasteiger partial charge on any atom is 0.251 e. The molecular weight excluding hydrogens is 282 g/mol. The Bertz CT molecular complexity index is 480. The predicted molar refractivity (Wildman–Crippen MR) is 77.7 cm³/mol. The molecule has 0 atom stereocenters. The molecule has 7 heteroatoms. The maximum absolute atomic E-state index is 11.8. The minimum Gasteiger partial charge on any atom is -0.398 e. The Kier molecular flexibility index (Phi) is 6.83. The van der Waals surface area contributed by atoms with Crippen LogP contribution in [0.25, 0.3) is 0 Å². The fourth-order valence-corrected chi connectivity index (χ4v) is 1.58. The number of nitrogens with one attached hydrogen (secondary N) is 2. The van der Waals surface area contributed by atoms with Crippen LogP contribution in [0.4, 0.5) is 5.69 Å². The zero-order valence-corrected chi connectivity index (χ0v) is 12.0. The highest BCUT2D eigenvalue weighted by atomic mass is 35.5. The van der Waals surface area contributed by atoms with E-state index in [4.69, 9.17) is 22.1 Å². The van der Waals surface area contributed by atoms with Crippen LogP contribution in [0, 0.1) is 0 Å². The molecule has 0 aliphatic rings. The van der Waals surface area contributed by atoms with Crippen molar-refractivity contribution in [2.24, 2.45) is 0 Å². The van der Waals surface area contributed by atoms with Crippen LogP contribution in [0.2, 0.25) is 5.02 Å². The van der Waals surface area contributed by atoms with E-state index in [-0.39, 0.29) is 24.8 Å². The van der Waals surface area contributed by atoms with Crippen LogP contribution < -0.4 is 16.4 Å². The minimum absolute atomic E-state index is 0.141. The quantitative estimate of drug-likeness (QED) is 0.513. The molecule has 1 aromatic rings. The van der Waals surface area contributed by atoms with E-state index in [2.05, 4.69) is 10.6 Å². The maximum atomic E-state index is 11.8. The van der Waals surface area contributed by atoms with Crippen molar-refractivity contribution in [3.05, 3.63) is 28.8 Å². The molecule has 1 rings (SSSR count). The molecule has 110 valence electrons. The van der Waals surface area contributed by atoms with Gasteiger partial charge in [0.1, 0.15) is 0 Å². The fraction of sp³-hybridized carbons (Fsp3) is 0.385. The molecule has 0 saturated heterocycles. The van der Waals surface area contributed by atoms with E-state index in [9.17, 15) is 9.59 Å². The monoisotopic (exact) mass is 299 g/mol. The molecule has 0 aromatic heterocycles. The molecule has 0 radical (unpaired) electrons. The first-order valence-corrected chi connectivity index (χ1v) is 6.51. The lowest BCUT2D eigenvalue weighted by Crippen LogP contribution is -2.32. The van der Waals surface area contributed by atoms with E-state index in [1.54, 1.807) is 19.2 Å². The van der Waals surface area contributed by atoms with Crippen molar-refractivity contribution in [2.75, 3.05) is 32.5 Å². The Morgan fingerprint density at radius 2 is 2.05 bits per heavy atom. The number of rotatable bonds is 7. The first-order valence-electron chi connectivity index (χ1n) is 6.13. The van der Waals surface area contributed by atoms with Crippen molar-refractivity contribution in [1.82, 2.24) is 10.6 Å². The third-order valence-corrected chi connectivity index (χ3v) is 2.87. The third kappa shape index (κ3) is 5.46. The molecule has 0 fully saturated rings. The molecule has 0 unspecified atom stereocenters. The molecule has 0 bridgehead atoms. The van der Waals surface area contributed by atoms with Gasteiger partial charge in [-0.2, -0.15) is 0 Å². The number of hydrogen-bond acceptors (Lipinski definition) is 4. The van der Waals surface area contributed by atoms with Gasteiger partial charge in [-0.1, -0.05) is 11.6 Å². The smallest absolute Gasteiger partial charge is 0.251 e. The first kappa shape index (κ1) is 16.3. The molecule has 0 aliphatic carbocycles. The summed E-state index contributed by atoms with van der Waals surface area (Å²) in [4.78, 5) is 23.2. The number of ether oxygens (including phenoxy) is 1. The fourth-order valence-electron chi connectivity index (χ4n) is 1.46. The van der Waals surface area contributed by atoms with Gasteiger partial charge in [-0.05, 0) is 18.2 Å². The van der Waals surface area contributed by atoms with Gasteiger partial charge in [0.25, 0.3) is 5.91 Å². The topological polar surface area (TPSA) is 93.5 Å². The van der Waals surface area contributed by atoms with Crippen LogP contribution in [0.1, 0.15) is 16.8 Å². The van der Waals surface area contributed by atoms with Crippen LogP contribution in [0.3, 0.4) is 0 Å². The number of amides is 2. The van der Waals surface area contributed by atoms with Gasteiger partial charge in [0.05, 0.1) is 17.3 Å². The number of carbonyl (C=O) groups excluding carboxylic acids is 2. The summed E-state index contributed by atoms with van der Waals surface area (Å²) in [5.74, 6) is -0.434. The van der Waals surface area contributed by atoms with Gasteiger partial charge in [-0.3, -0.25) is 9.59 Å². The molecule has 0 saturated carbocycles. The summed E-state index contributed by atoms with van der Waals surface area (Å²) >= 11 is 5.77. The highest BCUT2D eigenvalue weighted by molar-refractivity contribution is 6.33. The van der Waals surface area contributed by atoms with Gasteiger partial charge in [0, 0.05) is 32.2 Å². The number of nitrogen functional groups attached to an aromatic ring is 1. The molecule has 4 N–H and O–H groups in total. The van der Waals surface area contributed by atoms with Crippen molar-refractivity contribution >= 4 is 29.1 Å². The number of carbonyl (C=O) groups is 2. The number of benzene rings is 1. The highest BCUT2D eigenvalue weighted by Crippen LogP contribution is 2.19. The third-order valence-electron chi connectivity index (χ3n) is 2.52. The van der Waals surface area contributed by atoms with Crippen LogP contribution in [0.15, 0.2) is 18.2 Å². The molecule has 1 aromatic carbocycles. The summed E-state index contributed by atoms with van der Waals surface area (Å²) in [5, 5.41) is 5.70. The normalized spacial score (nSPS) is 10.1. The molecule has 6 nitrogen and oxygen atoms in total. The van der Waals surface area contributed by atoms with Gasteiger partial charge in [-0.15, -0.1) is 0 Å². The highest BCUT2D eigenvalue weighted by Gasteiger charge is 2.08. The second kappa shape index (κ2) is 8.39. The molecule has 0 spiro atoms. The van der Waals surface area contributed by atoms with Crippen LogP contribution in [0.5, 0.6) is 0 Å². The van der Waals surface area contributed by atoms with Crippen molar-refractivity contribution in [3.63, 3.8) is 0 Å². The molecule has 20 heavy (non-hydrogen) atoms. The number of anilines is 1. The number of methoxy groups -OCH3 is 1. The van der Waals surface area contributed by atoms with Crippen LogP contribution in [-0.2, 0) is 9.53 Å². The number of halogens is 1. The second-order valence-electron chi connectivity index (χ2n) is 4.08. The number of nitrogens with two attached hydrogens (primary N) is 1. The zero-order valence-electron chi connectivity index (χ0n) is 11.2. The molecule has 0 aliphatic heterocycles. The van der Waals surface area contributed by atoms with E-state index in [0.29, 0.717) is 29.4 Å². The average molecular weight is 300 g/mol. The Morgan fingerprint density at radius 1 is 1.30 bits per heavy atom. The van der Waals surface area contributed by atoms with Crippen molar-refractivity contribution < 1.29 is 14.3 Å². The van der Waals surface area contributed by atoms with Gasteiger partial charge < -0.3 is 21.1 Å². The average Bonchev–Trinajstić information content (AvgIpc) is 2.42. The Labute approximate surface area is 122 Å². The summed E-state index contributed by atoms with van der Waals surface area (Å²) in [5.41, 5.74) is 6.37. The van der Waals surface area contributed by atoms with Crippen molar-refractivity contribution in [3.8, 4) is 0 Å². The lowest BCUT2D eigenvalue weighted by atomic mass is 10.2. The summed E-state index contributed by atoms with van der Waals surface area (Å²) in [6.45, 7) is 1.17. The van der Waals surface area contributed by atoms with Crippen LogP contribution >= 0.6 is 11.6 Å². The standard InChI is InChI=1S/C13H18ClN3O3/c1-20-7-6-16-12(18)4-5-17-13(19)9-2-3-10(14)11(15)8-9/h2-3,8H,4-7,15H2,1H3,(H,16,18)(H,17,19). The van der Waals surface area contributed by atoms with E-state index in [1.807, 2.05) is 0 Å². The van der Waals surface area contributed by atoms with E-state index in [1.165, 1.54) is 6.07 Å². The molecule has 0 heterocycles. The van der Waals surface area contributed by atoms with E-state index < -0.39 is 0 Å². The van der Waals surface area contributed by atoms with E-state index in [0.717, 1.165) is 0 Å². The Morgan fingerprint density at radius 3 is 2.70 bits per heavy atom. The second-order valence-corrected chi connectivity index (χ2v) is 4.49. The van der Waals surface area contributed by atoms with Gasteiger partial charge in [-0.25, -0.2) is 0 Å². The summed E-state index contributed by atoms with van der Waals surface area (Å²) < 4.78 is 4.81. The van der Waals surface area contributed by atoms with Crippen LogP contribution in [-0.4, -0.2) is 38.6 Å². The van der Waals surface area contributed by atoms with Crippen molar-refractivity contribution in [1.29, 1.82) is 0 Å². The molecule has 2 amide bonds. The molecular formula is C13H18ClN3O3. The van der Waals surface area contributed by atoms with Gasteiger partial charge in [0.15, 0.2) is 0 Å². The summed E-state index contributed by atoms with van der Waals surface area (Å²) in [6.07, 6.45) is 0.207. The lowest BCUT2D eigenvalue weighted by molar-refractivity contribution is -0.121. The number of hydrogen-bond donors (Lipinski definition) is 3. The van der Waals surface area contributed by atoms with Gasteiger partial charge >= 0.3 is 0 Å². The minimum atomic E-state index is -0.293. The first-order chi connectivity index (χ1) is 9.54. The zero-order chi connectivity index (χ0) is 15.0. The lowest BCUT2D eigenvalue weighted by Gasteiger charge is -2.07. The summed E-state index contributed by atoms with van der Waals surface area (Å²) in [6, 6.07) is 4.63. The SMILES string of the molecule is COCCNC(=O)CCNC(=O)c1ccc(Cl)c(N)c1. The van der Waals surface area contributed by atoms with Crippen molar-refractivity contribution in [2.45, 2.75) is 6.42 Å².